The van der Waals surface area contributed by atoms with Crippen LogP contribution in [0.15, 0.2) is 206 Å². The number of hydrogen-bond donors (Lipinski definition) is 0. The molecule has 0 spiro atoms. The maximum absolute atomic E-state index is 2.54. The van der Waals surface area contributed by atoms with Crippen molar-refractivity contribution in [3.8, 4) is 44.5 Å². The molecular formula is C51H34. The fourth-order valence-corrected chi connectivity index (χ4v) is 8.80. The molecule has 0 bridgehead atoms. The first kappa shape index (κ1) is 29.4. The van der Waals surface area contributed by atoms with Crippen LogP contribution < -0.4 is 0 Å². The smallest absolute Gasteiger partial charge is 0.0622 e. The topological polar surface area (TPSA) is 0 Å². The SMILES string of the molecule is c1ccc(-c2ccc(-c3c4ccccc4c(-c4ccccc4)c4cc5c(cc34)-c3ccccc3C5(c3ccccc3)c3ccccc3)cc2)cc1. The normalized spacial score (nSPS) is 12.9. The molecule has 0 atom stereocenters. The van der Waals surface area contributed by atoms with Gasteiger partial charge < -0.3 is 0 Å². The average Bonchev–Trinajstić information content (AvgIpc) is 3.50. The Kier molecular flexibility index (Phi) is 6.82. The van der Waals surface area contributed by atoms with Gasteiger partial charge in [-0.1, -0.05) is 194 Å². The van der Waals surface area contributed by atoms with Crippen LogP contribution in [0.3, 0.4) is 0 Å². The van der Waals surface area contributed by atoms with E-state index in [9.17, 15) is 0 Å². The Bertz CT molecular complexity index is 2650. The summed E-state index contributed by atoms with van der Waals surface area (Å²) in [6.45, 7) is 0. The Hall–Kier alpha value is -6.50. The molecule has 51 heavy (non-hydrogen) atoms. The molecule has 0 nitrogen and oxygen atoms in total. The molecule has 1 aliphatic carbocycles. The van der Waals surface area contributed by atoms with Crippen molar-refractivity contribution in [2.45, 2.75) is 5.41 Å². The van der Waals surface area contributed by atoms with Crippen LogP contribution in [0.4, 0.5) is 0 Å². The van der Waals surface area contributed by atoms with E-state index in [4.69, 9.17) is 0 Å². The molecule has 9 aromatic carbocycles. The Morgan fingerprint density at radius 2 is 0.667 bits per heavy atom. The Labute approximate surface area is 298 Å². The van der Waals surface area contributed by atoms with Crippen LogP contribution in [0.25, 0.3) is 66.1 Å². The zero-order valence-electron chi connectivity index (χ0n) is 28.1. The highest BCUT2D eigenvalue weighted by molar-refractivity contribution is 6.22. The molecule has 0 aromatic heterocycles. The molecule has 0 saturated heterocycles. The van der Waals surface area contributed by atoms with Gasteiger partial charge in [-0.05, 0) is 100 Å². The second kappa shape index (κ2) is 11.8. The highest BCUT2D eigenvalue weighted by atomic mass is 14.5. The minimum Gasteiger partial charge on any atom is -0.0622 e. The molecule has 9 aromatic rings. The van der Waals surface area contributed by atoms with Gasteiger partial charge >= 0.3 is 0 Å². The zero-order chi connectivity index (χ0) is 33.8. The molecule has 0 aliphatic heterocycles. The van der Waals surface area contributed by atoms with Gasteiger partial charge in [0.05, 0.1) is 5.41 Å². The van der Waals surface area contributed by atoms with E-state index >= 15 is 0 Å². The first-order valence-corrected chi connectivity index (χ1v) is 17.8. The minimum atomic E-state index is -0.472. The van der Waals surface area contributed by atoms with Gasteiger partial charge in [-0.25, -0.2) is 0 Å². The van der Waals surface area contributed by atoms with Gasteiger partial charge in [0.25, 0.3) is 0 Å². The molecule has 238 valence electrons. The molecule has 0 amide bonds. The predicted octanol–water partition coefficient (Wildman–Crippen LogP) is 13.4. The summed E-state index contributed by atoms with van der Waals surface area (Å²) >= 11 is 0. The monoisotopic (exact) mass is 646 g/mol. The standard InChI is InChI=1S/C51H34/c1-5-17-35(18-6-1)36-29-31-38(32-30-36)50-43-27-14-13-26-42(43)49(37-19-7-2-8-20-37)46-34-48-44(33-45(46)50)41-25-15-16-28-47(41)51(48,39-21-9-3-10-22-39)40-23-11-4-12-24-40/h1-34H. The molecule has 0 fully saturated rings. The van der Waals surface area contributed by atoms with Gasteiger partial charge in [0.15, 0.2) is 0 Å². The summed E-state index contributed by atoms with van der Waals surface area (Å²) in [4.78, 5) is 0. The van der Waals surface area contributed by atoms with Crippen molar-refractivity contribution in [2.24, 2.45) is 0 Å². The van der Waals surface area contributed by atoms with Gasteiger partial charge in [0.2, 0.25) is 0 Å². The number of fused-ring (bicyclic) bond motifs is 5. The largest absolute Gasteiger partial charge is 0.0713 e. The van der Waals surface area contributed by atoms with E-state index in [0.29, 0.717) is 0 Å². The van der Waals surface area contributed by atoms with Crippen molar-refractivity contribution in [2.75, 3.05) is 0 Å². The average molecular weight is 647 g/mol. The summed E-state index contributed by atoms with van der Waals surface area (Å²) in [7, 11) is 0. The lowest BCUT2D eigenvalue weighted by atomic mass is 9.67. The van der Waals surface area contributed by atoms with Crippen molar-refractivity contribution in [1.29, 1.82) is 0 Å². The summed E-state index contributed by atoms with van der Waals surface area (Å²) in [6.07, 6.45) is 0. The van der Waals surface area contributed by atoms with E-state index in [1.807, 2.05) is 0 Å². The first-order chi connectivity index (χ1) is 25.3. The maximum Gasteiger partial charge on any atom is 0.0713 e. The van der Waals surface area contributed by atoms with Crippen LogP contribution in [-0.2, 0) is 5.41 Å². The van der Waals surface area contributed by atoms with E-state index in [1.54, 1.807) is 0 Å². The Morgan fingerprint density at radius 1 is 0.255 bits per heavy atom. The van der Waals surface area contributed by atoms with Crippen LogP contribution in [0.5, 0.6) is 0 Å². The molecule has 0 heteroatoms. The lowest BCUT2D eigenvalue weighted by molar-refractivity contribution is 0.769. The summed E-state index contributed by atoms with van der Waals surface area (Å²) < 4.78 is 0. The van der Waals surface area contributed by atoms with E-state index < -0.39 is 5.41 Å². The number of hydrogen-bond acceptors (Lipinski definition) is 0. The van der Waals surface area contributed by atoms with Crippen molar-refractivity contribution >= 4 is 21.5 Å². The quantitative estimate of drug-likeness (QED) is 0.163. The summed E-state index contributed by atoms with van der Waals surface area (Å²) in [5, 5.41) is 5.06. The highest BCUT2D eigenvalue weighted by Crippen LogP contribution is 2.58. The fraction of sp³-hybridized carbons (Fsp3) is 0.0196. The molecule has 0 N–H and O–H groups in total. The first-order valence-electron chi connectivity index (χ1n) is 17.8. The summed E-state index contributed by atoms with van der Waals surface area (Å²) in [6, 6.07) is 76.1. The van der Waals surface area contributed by atoms with Crippen molar-refractivity contribution in [3.05, 3.63) is 229 Å². The van der Waals surface area contributed by atoms with Crippen LogP contribution in [0.1, 0.15) is 22.3 Å². The zero-order valence-corrected chi connectivity index (χ0v) is 28.1. The lowest BCUT2D eigenvalue weighted by Crippen LogP contribution is -2.28. The second-order valence-electron chi connectivity index (χ2n) is 13.6. The molecule has 0 heterocycles. The fourth-order valence-electron chi connectivity index (χ4n) is 8.80. The third-order valence-electron chi connectivity index (χ3n) is 10.9. The third kappa shape index (κ3) is 4.47. The highest BCUT2D eigenvalue weighted by Gasteiger charge is 2.46. The van der Waals surface area contributed by atoms with Crippen LogP contribution in [-0.4, -0.2) is 0 Å². The molecule has 10 rings (SSSR count). The van der Waals surface area contributed by atoms with Gasteiger partial charge in [-0.3, -0.25) is 0 Å². The van der Waals surface area contributed by atoms with Gasteiger partial charge in [-0.2, -0.15) is 0 Å². The Balaban J connectivity index is 1.36. The van der Waals surface area contributed by atoms with Crippen molar-refractivity contribution in [3.63, 3.8) is 0 Å². The van der Waals surface area contributed by atoms with Gasteiger partial charge in [0, 0.05) is 0 Å². The molecule has 0 radical (unpaired) electrons. The number of benzene rings is 9. The van der Waals surface area contributed by atoms with Crippen LogP contribution in [0.2, 0.25) is 0 Å². The minimum absolute atomic E-state index is 0.472. The van der Waals surface area contributed by atoms with Gasteiger partial charge in [-0.15, -0.1) is 0 Å². The van der Waals surface area contributed by atoms with Crippen molar-refractivity contribution < 1.29 is 0 Å². The summed E-state index contributed by atoms with van der Waals surface area (Å²) in [5.74, 6) is 0. The summed E-state index contributed by atoms with van der Waals surface area (Å²) in [5.41, 5.74) is 14.8. The van der Waals surface area contributed by atoms with E-state index in [1.165, 1.54) is 88.3 Å². The van der Waals surface area contributed by atoms with Crippen LogP contribution in [0, 0.1) is 0 Å². The molecule has 0 unspecified atom stereocenters. The van der Waals surface area contributed by atoms with E-state index in [0.717, 1.165) is 0 Å². The van der Waals surface area contributed by atoms with E-state index in [-0.39, 0.29) is 0 Å². The van der Waals surface area contributed by atoms with E-state index in [2.05, 4.69) is 206 Å². The van der Waals surface area contributed by atoms with Gasteiger partial charge in [0.1, 0.15) is 0 Å². The molecule has 1 aliphatic rings. The molecule has 0 saturated carbocycles. The number of rotatable bonds is 5. The molecular weight excluding hydrogens is 613 g/mol. The third-order valence-corrected chi connectivity index (χ3v) is 10.9. The Morgan fingerprint density at radius 3 is 1.25 bits per heavy atom. The maximum atomic E-state index is 2.54. The predicted molar refractivity (Wildman–Crippen MR) is 215 cm³/mol. The van der Waals surface area contributed by atoms with Crippen molar-refractivity contribution in [1.82, 2.24) is 0 Å². The van der Waals surface area contributed by atoms with Crippen LogP contribution >= 0.6 is 0 Å². The second-order valence-corrected chi connectivity index (χ2v) is 13.6. The lowest BCUT2D eigenvalue weighted by Gasteiger charge is -2.34.